The van der Waals surface area contributed by atoms with E-state index in [-0.39, 0.29) is 35.2 Å². The van der Waals surface area contributed by atoms with E-state index in [1.807, 2.05) is 61.5 Å². The minimum absolute atomic E-state index is 0.00522. The standard InChI is InChI=1S/C36H40BrN3O6S/c1-4-5-21-38-36(42)33(23-27-13-8-6-9-14-27)39(25-28-15-12-16-29(37)22-28)35(41)26-40(47(43,44)31-17-10-7-11-18-31)32-24-30(45-2)19-20-34(32)46-3/h6-20,22,24,33H,4-5,21,23,25-26H2,1-3H3,(H,38,42)/t33-/m1/s1. The van der Waals surface area contributed by atoms with Gasteiger partial charge >= 0.3 is 0 Å². The van der Waals surface area contributed by atoms with Crippen LogP contribution in [-0.2, 0) is 32.6 Å². The van der Waals surface area contributed by atoms with Gasteiger partial charge in [-0.3, -0.25) is 13.9 Å². The summed E-state index contributed by atoms with van der Waals surface area (Å²) in [6, 6.07) is 28.6. The van der Waals surface area contributed by atoms with Crippen LogP contribution < -0.4 is 19.1 Å². The summed E-state index contributed by atoms with van der Waals surface area (Å²) in [5.74, 6) is -0.275. The Morgan fingerprint density at radius 3 is 2.17 bits per heavy atom. The van der Waals surface area contributed by atoms with Crippen LogP contribution in [0.1, 0.15) is 30.9 Å². The van der Waals surface area contributed by atoms with Crippen LogP contribution in [0, 0.1) is 0 Å². The van der Waals surface area contributed by atoms with E-state index < -0.39 is 28.5 Å². The zero-order valence-corrected chi connectivity index (χ0v) is 29.2. The highest BCUT2D eigenvalue weighted by molar-refractivity contribution is 9.10. The number of carbonyl (C=O) groups excluding carboxylic acids is 2. The number of halogens is 1. The number of ether oxygens (including phenoxy) is 2. The number of benzene rings is 4. The van der Waals surface area contributed by atoms with Gasteiger partial charge in [-0.2, -0.15) is 0 Å². The lowest BCUT2D eigenvalue weighted by atomic mass is 10.0. The molecule has 9 nitrogen and oxygen atoms in total. The zero-order valence-electron chi connectivity index (χ0n) is 26.8. The average Bonchev–Trinajstić information content (AvgIpc) is 3.09. The number of carbonyl (C=O) groups is 2. The van der Waals surface area contributed by atoms with E-state index in [2.05, 4.69) is 21.2 Å². The van der Waals surface area contributed by atoms with Gasteiger partial charge in [-0.05, 0) is 53.9 Å². The minimum atomic E-state index is -4.30. The molecule has 2 amide bonds. The van der Waals surface area contributed by atoms with Crippen LogP contribution in [0.25, 0.3) is 0 Å². The third-order valence-corrected chi connectivity index (χ3v) is 9.87. The lowest BCUT2D eigenvalue weighted by Crippen LogP contribution is -2.53. The fraction of sp³-hybridized carbons (Fsp3) is 0.278. The van der Waals surface area contributed by atoms with Crippen molar-refractivity contribution >= 4 is 43.5 Å². The third-order valence-electron chi connectivity index (χ3n) is 7.61. The van der Waals surface area contributed by atoms with Crippen molar-refractivity contribution in [3.63, 3.8) is 0 Å². The van der Waals surface area contributed by atoms with Crippen molar-refractivity contribution < 1.29 is 27.5 Å². The highest BCUT2D eigenvalue weighted by Gasteiger charge is 2.35. The molecule has 4 aromatic carbocycles. The maximum absolute atomic E-state index is 14.7. The number of methoxy groups -OCH3 is 2. The van der Waals surface area contributed by atoms with Crippen molar-refractivity contribution in [1.29, 1.82) is 0 Å². The van der Waals surface area contributed by atoms with Crippen molar-refractivity contribution in [3.8, 4) is 11.5 Å². The summed E-state index contributed by atoms with van der Waals surface area (Å²) in [6.45, 7) is 1.94. The molecule has 0 bridgehead atoms. The summed E-state index contributed by atoms with van der Waals surface area (Å²) < 4.78 is 41.4. The van der Waals surface area contributed by atoms with Gasteiger partial charge in [-0.15, -0.1) is 0 Å². The Hall–Kier alpha value is -4.35. The topological polar surface area (TPSA) is 105 Å². The second-order valence-corrected chi connectivity index (χ2v) is 13.6. The number of rotatable bonds is 16. The van der Waals surface area contributed by atoms with Crippen LogP contribution >= 0.6 is 15.9 Å². The van der Waals surface area contributed by atoms with Gasteiger partial charge in [0.05, 0.1) is 24.8 Å². The van der Waals surface area contributed by atoms with Crippen LogP contribution in [0.4, 0.5) is 5.69 Å². The molecule has 1 N–H and O–H groups in total. The Kier molecular flexibility index (Phi) is 12.8. The summed E-state index contributed by atoms with van der Waals surface area (Å²) >= 11 is 3.51. The molecule has 0 saturated heterocycles. The Labute approximate surface area is 285 Å². The van der Waals surface area contributed by atoms with Crippen molar-refractivity contribution in [1.82, 2.24) is 10.2 Å². The van der Waals surface area contributed by atoms with Gasteiger partial charge in [0.25, 0.3) is 10.0 Å². The molecular formula is C36H40BrN3O6S. The maximum Gasteiger partial charge on any atom is 0.264 e. The fourth-order valence-corrected chi connectivity index (χ4v) is 7.00. The molecule has 47 heavy (non-hydrogen) atoms. The van der Waals surface area contributed by atoms with E-state index >= 15 is 0 Å². The van der Waals surface area contributed by atoms with Gasteiger partial charge in [0.2, 0.25) is 11.8 Å². The predicted octanol–water partition coefficient (Wildman–Crippen LogP) is 6.22. The highest BCUT2D eigenvalue weighted by atomic mass is 79.9. The number of amides is 2. The Balaban J connectivity index is 1.84. The van der Waals surface area contributed by atoms with Crippen molar-refractivity contribution in [2.45, 2.75) is 43.7 Å². The van der Waals surface area contributed by atoms with Crippen LogP contribution in [0.3, 0.4) is 0 Å². The van der Waals surface area contributed by atoms with Crippen LogP contribution in [0.5, 0.6) is 11.5 Å². The summed E-state index contributed by atoms with van der Waals surface area (Å²) in [7, 11) is -1.40. The average molecular weight is 723 g/mol. The second-order valence-electron chi connectivity index (χ2n) is 10.9. The van der Waals surface area contributed by atoms with Gasteiger partial charge in [0.1, 0.15) is 24.1 Å². The molecule has 0 aliphatic heterocycles. The largest absolute Gasteiger partial charge is 0.497 e. The molecule has 0 heterocycles. The minimum Gasteiger partial charge on any atom is -0.497 e. The Bertz CT molecular complexity index is 1740. The summed E-state index contributed by atoms with van der Waals surface area (Å²) in [5, 5.41) is 3.00. The predicted molar refractivity (Wildman–Crippen MR) is 187 cm³/mol. The summed E-state index contributed by atoms with van der Waals surface area (Å²) in [4.78, 5) is 30.0. The smallest absolute Gasteiger partial charge is 0.264 e. The van der Waals surface area contributed by atoms with E-state index in [1.54, 1.807) is 30.3 Å². The third kappa shape index (κ3) is 9.36. The quantitative estimate of drug-likeness (QED) is 0.138. The Morgan fingerprint density at radius 1 is 0.851 bits per heavy atom. The van der Waals surface area contributed by atoms with E-state index in [9.17, 15) is 18.0 Å². The number of hydrogen-bond donors (Lipinski definition) is 1. The maximum atomic E-state index is 14.7. The molecule has 4 rings (SSSR count). The number of nitrogens with zero attached hydrogens (tertiary/aromatic N) is 2. The van der Waals surface area contributed by atoms with Gasteiger partial charge in [-0.25, -0.2) is 8.42 Å². The first-order chi connectivity index (χ1) is 22.7. The molecule has 0 unspecified atom stereocenters. The first-order valence-electron chi connectivity index (χ1n) is 15.3. The number of nitrogens with one attached hydrogen (secondary N) is 1. The van der Waals surface area contributed by atoms with Gasteiger partial charge < -0.3 is 19.7 Å². The molecule has 0 fully saturated rings. The molecule has 0 spiro atoms. The number of unbranched alkanes of at least 4 members (excludes halogenated alkanes) is 1. The molecule has 0 saturated carbocycles. The first-order valence-corrected chi connectivity index (χ1v) is 17.6. The van der Waals surface area contributed by atoms with E-state index in [0.29, 0.717) is 12.3 Å². The first kappa shape index (κ1) is 35.5. The van der Waals surface area contributed by atoms with E-state index in [1.165, 1.54) is 37.3 Å². The SMILES string of the molecule is CCCCNC(=O)[C@@H](Cc1ccccc1)N(Cc1cccc(Br)c1)C(=O)CN(c1cc(OC)ccc1OC)S(=O)(=O)c1ccccc1. The highest BCUT2D eigenvalue weighted by Crippen LogP contribution is 2.36. The van der Waals surface area contributed by atoms with Gasteiger partial charge in [-0.1, -0.05) is 89.9 Å². The van der Waals surface area contributed by atoms with Crippen LogP contribution in [0.15, 0.2) is 112 Å². The number of anilines is 1. The molecule has 0 aliphatic rings. The molecule has 0 radical (unpaired) electrons. The molecular weight excluding hydrogens is 682 g/mol. The number of sulfonamides is 1. The summed E-state index contributed by atoms with van der Waals surface area (Å²) in [6.07, 6.45) is 1.90. The molecule has 248 valence electrons. The van der Waals surface area contributed by atoms with Crippen LogP contribution in [0.2, 0.25) is 0 Å². The van der Waals surface area contributed by atoms with Crippen molar-refractivity contribution in [2.75, 3.05) is 31.6 Å². The van der Waals surface area contributed by atoms with Crippen molar-refractivity contribution in [2.24, 2.45) is 0 Å². The molecule has 4 aromatic rings. The van der Waals surface area contributed by atoms with E-state index in [4.69, 9.17) is 9.47 Å². The lowest BCUT2D eigenvalue weighted by Gasteiger charge is -2.34. The molecule has 11 heteroatoms. The van der Waals surface area contributed by atoms with Crippen LogP contribution in [-0.4, -0.2) is 58.5 Å². The van der Waals surface area contributed by atoms with Gasteiger partial charge in [0, 0.05) is 30.0 Å². The normalized spacial score (nSPS) is 11.7. The second kappa shape index (κ2) is 17.0. The van der Waals surface area contributed by atoms with E-state index in [0.717, 1.165) is 32.7 Å². The number of hydrogen-bond acceptors (Lipinski definition) is 6. The summed E-state index contributed by atoms with van der Waals surface area (Å²) in [5.41, 5.74) is 1.75. The zero-order chi connectivity index (χ0) is 33.8. The monoisotopic (exact) mass is 721 g/mol. The lowest BCUT2D eigenvalue weighted by molar-refractivity contribution is -0.140. The molecule has 0 aromatic heterocycles. The van der Waals surface area contributed by atoms with Crippen molar-refractivity contribution in [3.05, 3.63) is 119 Å². The van der Waals surface area contributed by atoms with Gasteiger partial charge in [0.15, 0.2) is 0 Å². The molecule has 0 aliphatic carbocycles. The fourth-order valence-electron chi connectivity index (χ4n) is 5.12. The molecule has 1 atom stereocenters. The Morgan fingerprint density at radius 2 is 1.53 bits per heavy atom.